The van der Waals surface area contributed by atoms with Crippen molar-refractivity contribution in [2.75, 3.05) is 7.05 Å². The highest BCUT2D eigenvalue weighted by molar-refractivity contribution is 7.88. The van der Waals surface area contributed by atoms with Gasteiger partial charge in [-0.2, -0.15) is 0 Å². The minimum Gasteiger partial charge on any atom is -0.270 e. The fourth-order valence-corrected chi connectivity index (χ4v) is 3.12. The third-order valence-electron chi connectivity index (χ3n) is 3.67. The molecule has 7 heteroatoms. The second-order valence-electron chi connectivity index (χ2n) is 5.03. The van der Waals surface area contributed by atoms with Crippen LogP contribution in [0.25, 0.3) is 0 Å². The number of nitrogens with zero attached hydrogens (tertiary/aromatic N) is 2. The molecule has 2 aromatic rings. The molecule has 0 saturated heterocycles. The summed E-state index contributed by atoms with van der Waals surface area (Å²) in [7, 11) is -2.73. The Bertz CT molecular complexity index is 880. The maximum Gasteiger partial charge on any atom is 0.261 e. The van der Waals surface area contributed by atoms with Crippen LogP contribution in [0.15, 0.2) is 57.8 Å². The predicted octanol–water partition coefficient (Wildman–Crippen LogP) is 2.82. The lowest BCUT2D eigenvalue weighted by molar-refractivity contribution is 0.0642. The van der Waals surface area contributed by atoms with Crippen molar-refractivity contribution in [1.82, 2.24) is 4.90 Å². The fraction of sp³-hybridized carbons (Fsp3) is 0.125. The van der Waals surface area contributed by atoms with Crippen LogP contribution < -0.4 is 0 Å². The van der Waals surface area contributed by atoms with E-state index in [9.17, 15) is 17.7 Å². The highest BCUT2D eigenvalue weighted by atomic mass is 32.3. The Morgan fingerprint density at radius 2 is 1.52 bits per heavy atom. The summed E-state index contributed by atoms with van der Waals surface area (Å²) in [5, 5.41) is 0. The lowest BCUT2D eigenvalue weighted by atomic mass is 10.1. The van der Waals surface area contributed by atoms with Crippen LogP contribution in [-0.2, 0) is 16.7 Å². The van der Waals surface area contributed by atoms with Gasteiger partial charge < -0.3 is 0 Å². The van der Waals surface area contributed by atoms with E-state index in [2.05, 4.69) is 4.36 Å². The molecule has 1 heterocycles. The van der Waals surface area contributed by atoms with E-state index in [4.69, 9.17) is 0 Å². The molecule has 118 valence electrons. The lowest BCUT2D eigenvalue weighted by Crippen LogP contribution is -2.29. The van der Waals surface area contributed by atoms with Gasteiger partial charge in [0.1, 0.15) is 0 Å². The van der Waals surface area contributed by atoms with E-state index in [0.29, 0.717) is 16.7 Å². The molecule has 0 aromatic heterocycles. The van der Waals surface area contributed by atoms with Crippen molar-refractivity contribution in [3.8, 4) is 0 Å². The standard InChI is InChI=1S/C16H13FN2O3S/c1-18-23(17,22)12-8-6-11(7-9-12)10-19-15(20)13-4-2-3-5-14(13)16(19)21/h2-9H,10H2,1H3. The van der Waals surface area contributed by atoms with Gasteiger partial charge in [-0.1, -0.05) is 24.3 Å². The number of hydrogen-bond acceptors (Lipinski definition) is 4. The molecule has 3 rings (SSSR count). The number of fused-ring (bicyclic) bond motifs is 1. The topological polar surface area (TPSA) is 66.8 Å². The average Bonchev–Trinajstić information content (AvgIpc) is 2.81. The van der Waals surface area contributed by atoms with Crippen molar-refractivity contribution in [2.45, 2.75) is 11.4 Å². The van der Waals surface area contributed by atoms with Crippen molar-refractivity contribution < 1.29 is 17.7 Å². The van der Waals surface area contributed by atoms with Gasteiger partial charge in [0.2, 0.25) is 10.1 Å². The van der Waals surface area contributed by atoms with Crippen LogP contribution in [0.2, 0.25) is 0 Å². The predicted molar refractivity (Wildman–Crippen MR) is 83.0 cm³/mol. The first-order chi connectivity index (χ1) is 10.9. The Labute approximate surface area is 133 Å². The first-order valence-corrected chi connectivity index (χ1v) is 8.24. The van der Waals surface area contributed by atoms with Gasteiger partial charge in [0, 0.05) is 7.05 Å². The van der Waals surface area contributed by atoms with Crippen LogP contribution in [0.3, 0.4) is 0 Å². The van der Waals surface area contributed by atoms with E-state index in [0.717, 1.165) is 11.9 Å². The second kappa shape index (κ2) is 5.58. The maximum absolute atomic E-state index is 13.6. The van der Waals surface area contributed by atoms with E-state index in [1.165, 1.54) is 24.3 Å². The third-order valence-corrected chi connectivity index (χ3v) is 4.99. The molecule has 0 spiro atoms. The van der Waals surface area contributed by atoms with Crippen LogP contribution in [-0.4, -0.2) is 28.0 Å². The third kappa shape index (κ3) is 2.63. The number of benzene rings is 2. The first-order valence-electron chi connectivity index (χ1n) is 6.83. The van der Waals surface area contributed by atoms with Crippen molar-refractivity contribution in [2.24, 2.45) is 4.36 Å². The van der Waals surface area contributed by atoms with Gasteiger partial charge in [-0.3, -0.25) is 14.5 Å². The normalized spacial score (nSPS) is 16.2. The van der Waals surface area contributed by atoms with Crippen LogP contribution in [0.1, 0.15) is 26.3 Å². The minimum atomic E-state index is -3.88. The van der Waals surface area contributed by atoms with E-state index >= 15 is 0 Å². The molecule has 1 atom stereocenters. The van der Waals surface area contributed by atoms with Crippen molar-refractivity contribution in [1.29, 1.82) is 0 Å². The summed E-state index contributed by atoms with van der Waals surface area (Å²) in [4.78, 5) is 25.6. The molecule has 23 heavy (non-hydrogen) atoms. The zero-order chi connectivity index (χ0) is 16.6. The number of carbonyl (C=O) groups excluding carboxylic acids is 2. The Morgan fingerprint density at radius 3 is 2.00 bits per heavy atom. The van der Waals surface area contributed by atoms with Crippen molar-refractivity contribution >= 4 is 21.9 Å². The Kier molecular flexibility index (Phi) is 3.73. The molecule has 0 bridgehead atoms. The number of rotatable bonds is 3. The Balaban J connectivity index is 1.86. The average molecular weight is 332 g/mol. The fourth-order valence-electron chi connectivity index (χ4n) is 2.43. The van der Waals surface area contributed by atoms with Crippen LogP contribution >= 0.6 is 0 Å². The van der Waals surface area contributed by atoms with Gasteiger partial charge in [0.25, 0.3) is 11.8 Å². The smallest absolute Gasteiger partial charge is 0.261 e. The quantitative estimate of drug-likeness (QED) is 0.641. The minimum absolute atomic E-state index is 0.0360. The summed E-state index contributed by atoms with van der Waals surface area (Å²) in [6.07, 6.45) is 0. The summed E-state index contributed by atoms with van der Waals surface area (Å²) >= 11 is 0. The van der Waals surface area contributed by atoms with Gasteiger partial charge in [-0.25, -0.2) is 8.57 Å². The summed E-state index contributed by atoms with van der Waals surface area (Å²) in [6, 6.07) is 12.4. The van der Waals surface area contributed by atoms with Crippen LogP contribution in [0.5, 0.6) is 0 Å². The number of hydrogen-bond donors (Lipinski definition) is 0. The van der Waals surface area contributed by atoms with Crippen molar-refractivity contribution in [3.05, 3.63) is 65.2 Å². The molecule has 0 saturated carbocycles. The maximum atomic E-state index is 13.6. The van der Waals surface area contributed by atoms with E-state index < -0.39 is 10.1 Å². The number of carbonyl (C=O) groups is 2. The summed E-state index contributed by atoms with van der Waals surface area (Å²) in [6.45, 7) is 0.0728. The molecular formula is C16H13FN2O3S. The van der Waals surface area contributed by atoms with Gasteiger partial charge in [0.15, 0.2) is 0 Å². The number of amides is 2. The van der Waals surface area contributed by atoms with Crippen LogP contribution in [0, 0.1) is 0 Å². The number of imide groups is 1. The van der Waals surface area contributed by atoms with E-state index in [-0.39, 0.29) is 23.3 Å². The molecule has 1 aliphatic heterocycles. The van der Waals surface area contributed by atoms with E-state index in [1.807, 2.05) is 0 Å². The molecule has 1 aliphatic rings. The first kappa shape index (κ1) is 15.4. The molecule has 1 unspecified atom stereocenters. The molecule has 5 nitrogen and oxygen atoms in total. The van der Waals surface area contributed by atoms with Crippen molar-refractivity contribution in [3.63, 3.8) is 0 Å². The zero-order valence-electron chi connectivity index (χ0n) is 12.2. The molecule has 0 radical (unpaired) electrons. The van der Waals surface area contributed by atoms with Gasteiger partial charge in [-0.05, 0) is 29.8 Å². The Hall–Kier alpha value is -2.54. The van der Waals surface area contributed by atoms with Gasteiger partial charge in [0.05, 0.1) is 22.6 Å². The highest BCUT2D eigenvalue weighted by Crippen LogP contribution is 2.24. The second-order valence-corrected chi connectivity index (χ2v) is 6.78. The summed E-state index contributed by atoms with van der Waals surface area (Å²) in [5.41, 5.74) is 1.39. The summed E-state index contributed by atoms with van der Waals surface area (Å²) in [5.74, 6) is -0.708. The lowest BCUT2D eigenvalue weighted by Gasteiger charge is -2.14. The molecule has 0 aliphatic carbocycles. The molecule has 2 aromatic carbocycles. The number of halogens is 1. The zero-order valence-corrected chi connectivity index (χ0v) is 13.0. The van der Waals surface area contributed by atoms with Gasteiger partial charge >= 0.3 is 0 Å². The molecular weight excluding hydrogens is 319 g/mol. The highest BCUT2D eigenvalue weighted by Gasteiger charge is 2.34. The summed E-state index contributed by atoms with van der Waals surface area (Å²) < 4.78 is 28.4. The van der Waals surface area contributed by atoms with Crippen LogP contribution in [0.4, 0.5) is 3.89 Å². The SMILES string of the molecule is CN=S(=O)(F)c1ccc(CN2C(=O)c3ccccc3C2=O)cc1. The molecule has 2 amide bonds. The molecule has 0 N–H and O–H groups in total. The van der Waals surface area contributed by atoms with Gasteiger partial charge in [-0.15, -0.1) is 3.89 Å². The van der Waals surface area contributed by atoms with E-state index in [1.54, 1.807) is 24.3 Å². The largest absolute Gasteiger partial charge is 0.270 e. The molecule has 0 fully saturated rings. The Morgan fingerprint density at radius 1 is 1.00 bits per heavy atom. The monoisotopic (exact) mass is 332 g/mol.